The van der Waals surface area contributed by atoms with Crippen LogP contribution < -0.4 is 16.0 Å². The van der Waals surface area contributed by atoms with Crippen molar-refractivity contribution >= 4 is 17.4 Å². The molecule has 0 atom stereocenters. The molecule has 5 heteroatoms. The smallest absolute Gasteiger partial charge is 0.230 e. The summed E-state index contributed by atoms with van der Waals surface area (Å²) in [4.78, 5) is 20.2. The molecule has 3 aromatic rings. The molecule has 1 fully saturated rings. The van der Waals surface area contributed by atoms with Crippen molar-refractivity contribution in [2.24, 2.45) is 17.6 Å². The first-order chi connectivity index (χ1) is 16.4. The summed E-state index contributed by atoms with van der Waals surface area (Å²) in [5.74, 6) is 1.45. The third kappa shape index (κ3) is 6.23. The zero-order valence-corrected chi connectivity index (χ0v) is 20.3. The summed E-state index contributed by atoms with van der Waals surface area (Å²) >= 11 is 0. The SMILES string of the molecule is CC(C)(N)C1CCC(C(=O)N(Cc2ccccc2)c2ccnc(NCc3ccccc3)c2)CC1. The average molecular weight is 457 g/mol. The van der Waals surface area contributed by atoms with Gasteiger partial charge in [-0.25, -0.2) is 4.98 Å². The van der Waals surface area contributed by atoms with Gasteiger partial charge >= 0.3 is 0 Å². The van der Waals surface area contributed by atoms with Gasteiger partial charge in [-0.2, -0.15) is 0 Å². The normalized spacial score (nSPS) is 18.3. The molecule has 0 unspecified atom stereocenters. The summed E-state index contributed by atoms with van der Waals surface area (Å²) in [5, 5.41) is 3.40. The van der Waals surface area contributed by atoms with E-state index in [1.165, 1.54) is 5.56 Å². The number of carbonyl (C=O) groups excluding carboxylic acids is 1. The van der Waals surface area contributed by atoms with Crippen LogP contribution in [0.2, 0.25) is 0 Å². The number of carbonyl (C=O) groups is 1. The highest BCUT2D eigenvalue weighted by atomic mass is 16.2. The Kier molecular flexibility index (Phi) is 7.63. The summed E-state index contributed by atoms with van der Waals surface area (Å²) in [6, 6.07) is 24.3. The number of pyridine rings is 1. The zero-order valence-electron chi connectivity index (χ0n) is 20.3. The molecule has 2 aromatic carbocycles. The molecule has 0 spiro atoms. The number of benzene rings is 2. The predicted octanol–water partition coefficient (Wildman–Crippen LogP) is 5.77. The van der Waals surface area contributed by atoms with Crippen molar-refractivity contribution in [2.75, 3.05) is 10.2 Å². The molecule has 0 radical (unpaired) electrons. The lowest BCUT2D eigenvalue weighted by Crippen LogP contribution is -2.44. The first-order valence-corrected chi connectivity index (χ1v) is 12.3. The van der Waals surface area contributed by atoms with Gasteiger partial charge in [-0.05, 0) is 62.6 Å². The van der Waals surface area contributed by atoms with E-state index < -0.39 is 0 Å². The molecule has 1 heterocycles. The van der Waals surface area contributed by atoms with E-state index >= 15 is 0 Å². The summed E-state index contributed by atoms with van der Waals surface area (Å²) in [6.07, 6.45) is 5.56. The second-order valence-electron chi connectivity index (χ2n) is 10.0. The molecule has 178 valence electrons. The van der Waals surface area contributed by atoms with Crippen LogP contribution in [0.3, 0.4) is 0 Å². The number of nitrogens with zero attached hydrogens (tertiary/aromatic N) is 2. The van der Waals surface area contributed by atoms with E-state index in [1.54, 1.807) is 6.20 Å². The molecule has 0 bridgehead atoms. The summed E-state index contributed by atoms with van der Waals surface area (Å²) in [6.45, 7) is 5.43. The lowest BCUT2D eigenvalue weighted by atomic mass is 9.73. The number of amides is 1. The van der Waals surface area contributed by atoms with Crippen LogP contribution in [0.15, 0.2) is 79.0 Å². The molecule has 5 nitrogen and oxygen atoms in total. The van der Waals surface area contributed by atoms with Crippen molar-refractivity contribution in [2.45, 2.75) is 58.2 Å². The molecule has 0 aliphatic heterocycles. The first-order valence-electron chi connectivity index (χ1n) is 12.3. The molecule has 34 heavy (non-hydrogen) atoms. The fraction of sp³-hybridized carbons (Fsp3) is 0.379. The molecule has 1 aliphatic rings. The van der Waals surface area contributed by atoms with Gasteiger partial charge in [0.25, 0.3) is 0 Å². The number of anilines is 2. The van der Waals surface area contributed by atoms with Gasteiger partial charge in [0.2, 0.25) is 5.91 Å². The third-order valence-electron chi connectivity index (χ3n) is 6.95. The highest BCUT2D eigenvalue weighted by molar-refractivity contribution is 5.95. The Bertz CT molecular complexity index is 1050. The van der Waals surface area contributed by atoms with E-state index in [1.807, 2.05) is 53.4 Å². The first kappa shape index (κ1) is 24.0. The number of aromatic nitrogens is 1. The van der Waals surface area contributed by atoms with Crippen LogP contribution in [-0.4, -0.2) is 16.4 Å². The number of nitrogens with two attached hydrogens (primary N) is 1. The van der Waals surface area contributed by atoms with Crippen LogP contribution >= 0.6 is 0 Å². The monoisotopic (exact) mass is 456 g/mol. The molecular weight excluding hydrogens is 420 g/mol. The van der Waals surface area contributed by atoms with E-state index in [0.29, 0.717) is 19.0 Å². The summed E-state index contributed by atoms with van der Waals surface area (Å²) in [5.41, 5.74) is 9.35. The molecule has 1 amide bonds. The van der Waals surface area contributed by atoms with Gasteiger partial charge < -0.3 is 16.0 Å². The largest absolute Gasteiger partial charge is 0.366 e. The lowest BCUT2D eigenvalue weighted by Gasteiger charge is -2.37. The Labute approximate surface area is 203 Å². The highest BCUT2D eigenvalue weighted by Crippen LogP contribution is 2.36. The van der Waals surface area contributed by atoms with Crippen molar-refractivity contribution in [3.05, 3.63) is 90.1 Å². The molecule has 0 saturated heterocycles. The quantitative estimate of drug-likeness (QED) is 0.451. The maximum Gasteiger partial charge on any atom is 0.230 e. The highest BCUT2D eigenvalue weighted by Gasteiger charge is 2.34. The van der Waals surface area contributed by atoms with Gasteiger partial charge in [0.05, 0.1) is 6.54 Å². The van der Waals surface area contributed by atoms with Crippen molar-refractivity contribution in [1.29, 1.82) is 0 Å². The minimum Gasteiger partial charge on any atom is -0.366 e. The Morgan fingerprint density at radius 3 is 2.21 bits per heavy atom. The van der Waals surface area contributed by atoms with Crippen molar-refractivity contribution in [3.63, 3.8) is 0 Å². The van der Waals surface area contributed by atoms with E-state index in [9.17, 15) is 4.79 Å². The molecule has 1 aliphatic carbocycles. The summed E-state index contributed by atoms with van der Waals surface area (Å²) < 4.78 is 0. The van der Waals surface area contributed by atoms with Gasteiger partial charge in [0, 0.05) is 36.0 Å². The third-order valence-corrected chi connectivity index (χ3v) is 6.95. The molecular formula is C29H36N4O. The Morgan fingerprint density at radius 2 is 1.59 bits per heavy atom. The van der Waals surface area contributed by atoms with Crippen LogP contribution in [0.4, 0.5) is 11.5 Å². The predicted molar refractivity (Wildman–Crippen MR) is 139 cm³/mol. The van der Waals surface area contributed by atoms with Gasteiger partial charge in [0.1, 0.15) is 5.82 Å². The van der Waals surface area contributed by atoms with E-state index in [-0.39, 0.29) is 17.4 Å². The Balaban J connectivity index is 1.52. The summed E-state index contributed by atoms with van der Waals surface area (Å²) in [7, 11) is 0. The number of hydrogen-bond donors (Lipinski definition) is 2. The number of rotatable bonds is 8. The second-order valence-corrected chi connectivity index (χ2v) is 10.0. The van der Waals surface area contributed by atoms with Crippen LogP contribution in [-0.2, 0) is 17.9 Å². The van der Waals surface area contributed by atoms with E-state index in [2.05, 4.69) is 48.4 Å². The maximum atomic E-state index is 13.8. The minimum absolute atomic E-state index is 0.0243. The van der Waals surface area contributed by atoms with E-state index in [4.69, 9.17) is 5.73 Å². The number of hydrogen-bond acceptors (Lipinski definition) is 4. The Hall–Kier alpha value is -3.18. The van der Waals surface area contributed by atoms with Crippen molar-refractivity contribution < 1.29 is 4.79 Å². The second kappa shape index (κ2) is 10.8. The molecule has 3 N–H and O–H groups in total. The average Bonchev–Trinajstić information content (AvgIpc) is 2.87. The number of nitrogens with one attached hydrogen (secondary N) is 1. The van der Waals surface area contributed by atoms with Gasteiger partial charge in [-0.1, -0.05) is 60.7 Å². The van der Waals surface area contributed by atoms with Gasteiger partial charge in [-0.3, -0.25) is 4.79 Å². The lowest BCUT2D eigenvalue weighted by molar-refractivity contribution is -0.123. The zero-order chi connectivity index (χ0) is 24.0. The van der Waals surface area contributed by atoms with Crippen molar-refractivity contribution in [1.82, 2.24) is 4.98 Å². The van der Waals surface area contributed by atoms with Crippen LogP contribution in [0, 0.1) is 11.8 Å². The topological polar surface area (TPSA) is 71.2 Å². The van der Waals surface area contributed by atoms with Crippen LogP contribution in [0.1, 0.15) is 50.7 Å². The Morgan fingerprint density at radius 1 is 0.971 bits per heavy atom. The fourth-order valence-electron chi connectivity index (χ4n) is 4.84. The van der Waals surface area contributed by atoms with Gasteiger partial charge in [-0.15, -0.1) is 0 Å². The van der Waals surface area contributed by atoms with E-state index in [0.717, 1.165) is 42.8 Å². The standard InChI is InChI=1S/C29H36N4O/c1-29(2,30)25-15-13-24(14-16-25)28(34)33(21-23-11-7-4-8-12-23)26-17-18-31-27(19-26)32-20-22-9-5-3-6-10-22/h3-12,17-19,24-25H,13-16,20-21,30H2,1-2H3,(H,31,32). The van der Waals surface area contributed by atoms with Gasteiger partial charge in [0.15, 0.2) is 0 Å². The van der Waals surface area contributed by atoms with Crippen LogP contribution in [0.25, 0.3) is 0 Å². The molecule has 4 rings (SSSR count). The molecule has 1 saturated carbocycles. The maximum absolute atomic E-state index is 13.8. The minimum atomic E-state index is -0.192. The fourth-order valence-corrected chi connectivity index (χ4v) is 4.84. The van der Waals surface area contributed by atoms with Crippen LogP contribution in [0.5, 0.6) is 0 Å². The molecule has 1 aromatic heterocycles. The van der Waals surface area contributed by atoms with Crippen molar-refractivity contribution in [3.8, 4) is 0 Å².